The summed E-state index contributed by atoms with van der Waals surface area (Å²) in [7, 11) is 1.65. The number of aliphatic imine (C=N–C) groups is 1. The first kappa shape index (κ1) is 24.5. The van der Waals surface area contributed by atoms with Gasteiger partial charge in [-0.15, -0.1) is 0 Å². The van der Waals surface area contributed by atoms with Gasteiger partial charge >= 0.3 is 0 Å². The fourth-order valence-corrected chi connectivity index (χ4v) is 3.82. The molecule has 0 radical (unpaired) electrons. The lowest BCUT2D eigenvalue weighted by atomic mass is 10.1. The Morgan fingerprint density at radius 2 is 2.22 bits per heavy atom. The van der Waals surface area contributed by atoms with Crippen LogP contribution in [0.4, 0.5) is 20.5 Å². The van der Waals surface area contributed by atoms with E-state index in [1.807, 2.05) is 0 Å². The second-order valence-corrected chi connectivity index (χ2v) is 8.01. The molecular formula is C23H23F2N9O2. The topological polar surface area (TPSA) is 135 Å². The third-order valence-corrected chi connectivity index (χ3v) is 5.50. The van der Waals surface area contributed by atoms with Crippen LogP contribution in [0.15, 0.2) is 41.0 Å². The van der Waals surface area contributed by atoms with Crippen molar-refractivity contribution in [2.45, 2.75) is 39.2 Å². The predicted octanol–water partition coefficient (Wildman–Crippen LogP) is 3.63. The van der Waals surface area contributed by atoms with Gasteiger partial charge in [-0.2, -0.15) is 24.1 Å². The molecule has 0 aromatic carbocycles. The normalized spacial score (nSPS) is 15.2. The van der Waals surface area contributed by atoms with Crippen LogP contribution in [0, 0.1) is 11.3 Å². The lowest BCUT2D eigenvalue weighted by Crippen LogP contribution is -2.25. The number of halogens is 2. The maximum absolute atomic E-state index is 14.2. The molecule has 186 valence electrons. The number of hydrogen-bond donors (Lipinski definition) is 2. The fraction of sp³-hybridized carbons (Fsp3) is 0.304. The molecule has 1 amide bonds. The first-order chi connectivity index (χ1) is 17.2. The number of aromatic nitrogens is 5. The standard InChI is InChI=1S/C23H23F2N9O2/c1-5-14(9-18(27-3)29-13(2)35)36-16-12-28-21-20(15(16)11-26)33(4)22(31-21)30-19-10-17-23(24,25)7-6-8-34(17)32-19/h5,9-10,12H,3,6-8H2,1-2,4H3,(H,29,35)(H,28,30,31,32)/b14-5+,18-9+. The summed E-state index contributed by atoms with van der Waals surface area (Å²) in [6.45, 7) is 6.86. The predicted molar refractivity (Wildman–Crippen MR) is 128 cm³/mol. The van der Waals surface area contributed by atoms with Crippen molar-refractivity contribution < 1.29 is 18.3 Å². The van der Waals surface area contributed by atoms with Gasteiger partial charge < -0.3 is 19.9 Å². The van der Waals surface area contributed by atoms with Crippen molar-refractivity contribution in [3.8, 4) is 11.8 Å². The van der Waals surface area contributed by atoms with Gasteiger partial charge in [0.1, 0.15) is 34.4 Å². The van der Waals surface area contributed by atoms with Crippen molar-refractivity contribution in [1.82, 2.24) is 29.6 Å². The number of amides is 1. The molecule has 0 bridgehead atoms. The Labute approximate surface area is 204 Å². The number of allylic oxidation sites excluding steroid dienone is 2. The summed E-state index contributed by atoms with van der Waals surface area (Å²) in [5.41, 5.74) is 0.623. The highest BCUT2D eigenvalue weighted by Gasteiger charge is 2.38. The van der Waals surface area contributed by atoms with Gasteiger partial charge in [-0.3, -0.25) is 9.48 Å². The molecule has 2 N–H and O–H groups in total. The summed E-state index contributed by atoms with van der Waals surface area (Å²) in [4.78, 5) is 23.8. The van der Waals surface area contributed by atoms with Crippen LogP contribution < -0.4 is 15.4 Å². The summed E-state index contributed by atoms with van der Waals surface area (Å²) in [6, 6.07) is 3.41. The van der Waals surface area contributed by atoms with E-state index in [1.54, 1.807) is 24.6 Å². The van der Waals surface area contributed by atoms with Gasteiger partial charge in [0.05, 0.1) is 6.20 Å². The van der Waals surface area contributed by atoms with Crippen molar-refractivity contribution in [2.75, 3.05) is 5.32 Å². The van der Waals surface area contributed by atoms with Crippen LogP contribution in [-0.4, -0.2) is 36.9 Å². The van der Waals surface area contributed by atoms with E-state index in [0.717, 1.165) is 0 Å². The third-order valence-electron chi connectivity index (χ3n) is 5.50. The number of carbonyl (C=O) groups is 1. The zero-order chi connectivity index (χ0) is 26.0. The molecular weight excluding hydrogens is 472 g/mol. The highest BCUT2D eigenvalue weighted by atomic mass is 19.3. The van der Waals surface area contributed by atoms with Gasteiger partial charge in [0.25, 0.3) is 5.92 Å². The van der Waals surface area contributed by atoms with Gasteiger partial charge in [0, 0.05) is 39.1 Å². The molecule has 0 fully saturated rings. The summed E-state index contributed by atoms with van der Waals surface area (Å²) < 4.78 is 37.2. The SMILES string of the molecule is C=N/C(=C\C(=C/C)Oc1cnc2nc(Nc3cc4n(n3)CCCC4(F)F)n(C)c2c1C#N)NC(C)=O. The highest BCUT2D eigenvalue weighted by molar-refractivity contribution is 5.84. The summed E-state index contributed by atoms with van der Waals surface area (Å²) >= 11 is 0. The Hall–Kier alpha value is -4.60. The largest absolute Gasteiger partial charge is 0.454 e. The molecule has 0 saturated carbocycles. The summed E-state index contributed by atoms with van der Waals surface area (Å²) in [6.07, 6.45) is 4.53. The number of pyridine rings is 1. The van der Waals surface area contributed by atoms with Gasteiger partial charge in [-0.05, 0) is 26.1 Å². The minimum absolute atomic E-state index is 0.146. The van der Waals surface area contributed by atoms with Crippen molar-refractivity contribution >= 4 is 35.6 Å². The molecule has 0 unspecified atom stereocenters. The van der Waals surface area contributed by atoms with Crippen LogP contribution in [0.2, 0.25) is 0 Å². The van der Waals surface area contributed by atoms with E-state index in [1.165, 1.54) is 29.9 Å². The zero-order valence-electron chi connectivity index (χ0n) is 19.8. The average Bonchev–Trinajstić information content (AvgIpc) is 3.39. The lowest BCUT2D eigenvalue weighted by Gasteiger charge is -2.22. The molecule has 1 aliphatic heterocycles. The number of nitrogens with one attached hydrogen (secondary N) is 2. The molecule has 13 heteroatoms. The number of fused-ring (bicyclic) bond motifs is 2. The number of aryl methyl sites for hydroxylation is 2. The molecule has 3 aromatic heterocycles. The van der Waals surface area contributed by atoms with Crippen LogP contribution in [0.3, 0.4) is 0 Å². The van der Waals surface area contributed by atoms with Crippen molar-refractivity contribution in [1.29, 1.82) is 5.26 Å². The second kappa shape index (κ2) is 9.57. The van der Waals surface area contributed by atoms with Crippen LogP contribution in [0.25, 0.3) is 11.2 Å². The first-order valence-corrected chi connectivity index (χ1v) is 11.0. The maximum Gasteiger partial charge on any atom is 0.289 e. The second-order valence-electron chi connectivity index (χ2n) is 8.01. The Morgan fingerprint density at radius 1 is 1.44 bits per heavy atom. The van der Waals surface area contributed by atoms with Gasteiger partial charge in [0.2, 0.25) is 11.9 Å². The van der Waals surface area contributed by atoms with E-state index in [2.05, 4.69) is 43.5 Å². The number of nitriles is 1. The van der Waals surface area contributed by atoms with Crippen molar-refractivity contribution in [2.24, 2.45) is 12.0 Å². The highest BCUT2D eigenvalue weighted by Crippen LogP contribution is 2.38. The van der Waals surface area contributed by atoms with Crippen LogP contribution in [-0.2, 0) is 24.3 Å². The monoisotopic (exact) mass is 495 g/mol. The summed E-state index contributed by atoms with van der Waals surface area (Å²) in [5, 5.41) is 19.6. The Bertz CT molecular complexity index is 1460. The number of rotatable bonds is 7. The van der Waals surface area contributed by atoms with E-state index in [-0.39, 0.29) is 58.3 Å². The van der Waals surface area contributed by atoms with Crippen LogP contribution in [0.1, 0.15) is 37.9 Å². The molecule has 4 heterocycles. The molecule has 3 aromatic rings. The first-order valence-electron chi connectivity index (χ1n) is 11.0. The van der Waals surface area contributed by atoms with Gasteiger partial charge in [-0.1, -0.05) is 0 Å². The smallest absolute Gasteiger partial charge is 0.289 e. The molecule has 1 aliphatic rings. The fourth-order valence-electron chi connectivity index (χ4n) is 3.82. The van der Waals surface area contributed by atoms with E-state index < -0.39 is 5.92 Å². The van der Waals surface area contributed by atoms with Crippen LogP contribution in [0.5, 0.6) is 5.75 Å². The molecule has 0 saturated heterocycles. The van der Waals surface area contributed by atoms with Gasteiger partial charge in [0.15, 0.2) is 17.2 Å². The average molecular weight is 495 g/mol. The van der Waals surface area contributed by atoms with Gasteiger partial charge in [-0.25, -0.2) is 9.98 Å². The van der Waals surface area contributed by atoms with Crippen molar-refractivity contribution in [3.05, 3.63) is 47.3 Å². The number of anilines is 2. The summed E-state index contributed by atoms with van der Waals surface area (Å²) in [5.74, 6) is -2.20. The molecule has 0 spiro atoms. The number of imidazole rings is 1. The van der Waals surface area contributed by atoms with E-state index in [9.17, 15) is 18.8 Å². The Morgan fingerprint density at radius 3 is 2.86 bits per heavy atom. The maximum atomic E-state index is 14.2. The zero-order valence-corrected chi connectivity index (χ0v) is 19.8. The molecule has 11 nitrogen and oxygen atoms in total. The lowest BCUT2D eigenvalue weighted by molar-refractivity contribution is -0.118. The van der Waals surface area contributed by atoms with Crippen molar-refractivity contribution in [3.63, 3.8) is 0 Å². The van der Waals surface area contributed by atoms with E-state index >= 15 is 0 Å². The molecule has 0 aliphatic carbocycles. The van der Waals surface area contributed by atoms with E-state index in [0.29, 0.717) is 18.5 Å². The minimum atomic E-state index is -2.95. The minimum Gasteiger partial charge on any atom is -0.454 e. The van der Waals surface area contributed by atoms with E-state index in [4.69, 9.17) is 4.74 Å². The number of carbonyl (C=O) groups excluding carboxylic acids is 1. The number of hydrogen-bond acceptors (Lipinski definition) is 8. The Kier molecular flexibility index (Phi) is 6.52. The number of alkyl halides is 2. The molecule has 0 atom stereocenters. The number of ether oxygens (including phenoxy) is 1. The Balaban J connectivity index is 1.67. The quantitative estimate of drug-likeness (QED) is 0.290. The molecule has 4 rings (SSSR count). The third kappa shape index (κ3) is 4.65. The molecule has 36 heavy (non-hydrogen) atoms. The number of nitrogens with zero attached hydrogens (tertiary/aromatic N) is 7. The van der Waals surface area contributed by atoms with Crippen LogP contribution >= 0.6 is 0 Å².